The molecule has 2 radical (unpaired) electrons. The lowest BCUT2D eigenvalue weighted by molar-refractivity contribution is -0.0847. The van der Waals surface area contributed by atoms with Gasteiger partial charge in [-0.25, -0.2) is 0 Å². The second kappa shape index (κ2) is 3.25. The van der Waals surface area contributed by atoms with Crippen molar-refractivity contribution in [1.82, 2.24) is 0 Å². The van der Waals surface area contributed by atoms with Gasteiger partial charge in [-0.05, 0) is 6.08 Å². The van der Waals surface area contributed by atoms with E-state index in [1.165, 1.54) is 6.08 Å². The van der Waals surface area contributed by atoms with Gasteiger partial charge in [-0.1, -0.05) is 0 Å². The third-order valence-electron chi connectivity index (χ3n) is 1.53. The molecule has 0 aromatic carbocycles. The molecule has 0 fully saturated rings. The van der Waals surface area contributed by atoms with Crippen molar-refractivity contribution in [3.8, 4) is 0 Å². The average molecular weight is 156 g/mol. The summed E-state index contributed by atoms with van der Waals surface area (Å²) in [5, 5.41) is 26.8. The molecule has 0 bridgehead atoms. The molecule has 1 aliphatic rings. The highest BCUT2D eigenvalue weighted by Gasteiger charge is 2.29. The van der Waals surface area contributed by atoms with Gasteiger partial charge in [0.15, 0.2) is 7.85 Å². The van der Waals surface area contributed by atoms with Crippen molar-refractivity contribution >= 4 is 7.85 Å². The smallest absolute Gasteiger partial charge is 0.166 e. The van der Waals surface area contributed by atoms with Crippen molar-refractivity contribution in [2.75, 3.05) is 6.61 Å². The largest absolute Gasteiger partial charge is 0.501 e. The van der Waals surface area contributed by atoms with Crippen LogP contribution in [0.2, 0.25) is 0 Å². The van der Waals surface area contributed by atoms with E-state index in [9.17, 15) is 0 Å². The molecule has 3 atom stereocenters. The maximum Gasteiger partial charge on any atom is 0.166 e. The summed E-state index contributed by atoms with van der Waals surface area (Å²) in [7, 11) is 5.21. The highest BCUT2D eigenvalue weighted by Crippen LogP contribution is 2.15. The molecule has 0 amide bonds. The fourth-order valence-corrected chi connectivity index (χ4v) is 0.916. The summed E-state index contributed by atoms with van der Waals surface area (Å²) >= 11 is 0. The highest BCUT2D eigenvalue weighted by molar-refractivity contribution is 6.20. The molecule has 0 aromatic rings. The van der Waals surface area contributed by atoms with Gasteiger partial charge >= 0.3 is 0 Å². The molecule has 4 nitrogen and oxygen atoms in total. The van der Waals surface area contributed by atoms with E-state index in [1.807, 2.05) is 0 Å². The molecular weight excluding hydrogens is 147 g/mol. The Morgan fingerprint density at radius 1 is 1.55 bits per heavy atom. The van der Waals surface area contributed by atoms with Crippen LogP contribution in [-0.2, 0) is 4.74 Å². The molecule has 0 aliphatic carbocycles. The monoisotopic (exact) mass is 156 g/mol. The quantitative estimate of drug-likeness (QED) is 0.388. The summed E-state index contributed by atoms with van der Waals surface area (Å²) in [4.78, 5) is 0. The first-order valence-corrected chi connectivity index (χ1v) is 3.26. The maximum absolute atomic E-state index is 9.12. The van der Waals surface area contributed by atoms with E-state index in [0.717, 1.165) is 0 Å². The standard InChI is InChI=1S/C6H9BO4/c7-5-1-3(9)6(10)4(2-8)11-5/h1,3-4,6,8-10H,2H2/t3-,4-,6+/m1/s1. The number of aliphatic hydroxyl groups is 3. The van der Waals surface area contributed by atoms with E-state index in [2.05, 4.69) is 0 Å². The fourth-order valence-electron chi connectivity index (χ4n) is 0.916. The van der Waals surface area contributed by atoms with Gasteiger partial charge in [0.25, 0.3) is 0 Å². The molecule has 5 heteroatoms. The van der Waals surface area contributed by atoms with Gasteiger partial charge in [0.2, 0.25) is 0 Å². The lowest BCUT2D eigenvalue weighted by atomic mass is 9.97. The molecule has 0 saturated carbocycles. The van der Waals surface area contributed by atoms with E-state index in [1.54, 1.807) is 0 Å². The lowest BCUT2D eigenvalue weighted by Gasteiger charge is -2.30. The van der Waals surface area contributed by atoms with Gasteiger partial charge in [0.05, 0.1) is 6.61 Å². The Balaban J connectivity index is 2.67. The van der Waals surface area contributed by atoms with Crippen LogP contribution < -0.4 is 0 Å². The van der Waals surface area contributed by atoms with Crippen LogP contribution in [0.1, 0.15) is 0 Å². The van der Waals surface area contributed by atoms with Crippen molar-refractivity contribution in [2.24, 2.45) is 0 Å². The summed E-state index contributed by atoms with van der Waals surface area (Å²) in [6.45, 7) is -0.368. The number of hydrogen-bond donors (Lipinski definition) is 3. The predicted molar refractivity (Wildman–Crippen MR) is 37.8 cm³/mol. The van der Waals surface area contributed by atoms with Crippen LogP contribution in [0.3, 0.4) is 0 Å². The van der Waals surface area contributed by atoms with Crippen LogP contribution in [-0.4, -0.2) is 48.1 Å². The van der Waals surface area contributed by atoms with Crippen molar-refractivity contribution in [1.29, 1.82) is 0 Å². The van der Waals surface area contributed by atoms with Crippen LogP contribution in [0.25, 0.3) is 0 Å². The lowest BCUT2D eigenvalue weighted by Crippen LogP contribution is -2.43. The summed E-state index contributed by atoms with van der Waals surface area (Å²) in [5.74, 6) is 0. The number of ether oxygens (including phenoxy) is 1. The van der Waals surface area contributed by atoms with E-state index in [-0.39, 0.29) is 12.3 Å². The second-order valence-electron chi connectivity index (χ2n) is 2.39. The first kappa shape index (κ1) is 8.58. The Hall–Kier alpha value is -0.515. The van der Waals surface area contributed by atoms with Gasteiger partial charge in [0, 0.05) is 5.66 Å². The van der Waals surface area contributed by atoms with Crippen molar-refractivity contribution in [3.05, 3.63) is 11.7 Å². The minimum Gasteiger partial charge on any atom is -0.501 e. The van der Waals surface area contributed by atoms with E-state index >= 15 is 0 Å². The normalized spacial score (nSPS) is 37.7. The third kappa shape index (κ3) is 1.74. The van der Waals surface area contributed by atoms with E-state index in [4.69, 9.17) is 27.9 Å². The highest BCUT2D eigenvalue weighted by atomic mass is 16.5. The minimum atomic E-state index is -1.10. The summed E-state index contributed by atoms with van der Waals surface area (Å²) in [5.41, 5.74) is 0.0295. The van der Waals surface area contributed by atoms with E-state index < -0.39 is 18.3 Å². The Morgan fingerprint density at radius 2 is 2.18 bits per heavy atom. The third-order valence-corrected chi connectivity index (χ3v) is 1.53. The van der Waals surface area contributed by atoms with Crippen molar-refractivity contribution in [2.45, 2.75) is 18.3 Å². The number of rotatable bonds is 1. The second-order valence-corrected chi connectivity index (χ2v) is 2.39. The molecule has 1 heterocycles. The van der Waals surface area contributed by atoms with Crippen LogP contribution in [0.5, 0.6) is 0 Å². The van der Waals surface area contributed by atoms with Gasteiger partial charge in [-0.2, -0.15) is 0 Å². The molecule has 0 unspecified atom stereocenters. The molecule has 0 saturated heterocycles. The number of hydrogen-bond acceptors (Lipinski definition) is 4. The zero-order valence-electron chi connectivity index (χ0n) is 5.84. The van der Waals surface area contributed by atoms with Gasteiger partial charge in [-0.15, -0.1) is 0 Å². The van der Waals surface area contributed by atoms with Crippen LogP contribution in [0.4, 0.5) is 0 Å². The molecule has 1 aliphatic heterocycles. The maximum atomic E-state index is 9.12. The first-order valence-electron chi connectivity index (χ1n) is 3.26. The Labute approximate surface area is 65.5 Å². The summed E-state index contributed by atoms with van der Waals surface area (Å²) < 4.78 is 4.80. The first-order chi connectivity index (χ1) is 5.15. The van der Waals surface area contributed by atoms with Crippen LogP contribution >= 0.6 is 0 Å². The molecule has 60 valence electrons. The zero-order valence-corrected chi connectivity index (χ0v) is 5.84. The van der Waals surface area contributed by atoms with E-state index in [0.29, 0.717) is 0 Å². The van der Waals surface area contributed by atoms with Crippen LogP contribution in [0, 0.1) is 0 Å². The predicted octanol–water partition coefficient (Wildman–Crippen LogP) is -1.89. The number of aliphatic hydroxyl groups excluding tert-OH is 3. The van der Waals surface area contributed by atoms with Gasteiger partial charge < -0.3 is 20.1 Å². The molecule has 0 spiro atoms. The summed E-state index contributed by atoms with van der Waals surface area (Å²) in [6.07, 6.45) is -1.79. The zero-order chi connectivity index (χ0) is 8.43. The van der Waals surface area contributed by atoms with Crippen molar-refractivity contribution < 1.29 is 20.1 Å². The molecular formula is C6H9BO4. The van der Waals surface area contributed by atoms with Crippen LogP contribution in [0.15, 0.2) is 11.7 Å². The fraction of sp³-hybridized carbons (Fsp3) is 0.667. The molecule has 11 heavy (non-hydrogen) atoms. The SMILES string of the molecule is [B]C1=C[C@@H](O)[C@H](O)[C@@H](CO)O1. The molecule has 3 N–H and O–H groups in total. The topological polar surface area (TPSA) is 69.9 Å². The summed E-state index contributed by atoms with van der Waals surface area (Å²) in [6, 6.07) is 0. The average Bonchev–Trinajstić information content (AvgIpc) is 1.96. The Kier molecular flexibility index (Phi) is 2.54. The Bertz CT molecular complexity index is 170. The Morgan fingerprint density at radius 3 is 2.73 bits per heavy atom. The minimum absolute atomic E-state index is 0.0295. The molecule has 1 rings (SSSR count). The van der Waals surface area contributed by atoms with Gasteiger partial charge in [0.1, 0.15) is 18.3 Å². The molecule has 0 aromatic heterocycles. The van der Waals surface area contributed by atoms with Crippen molar-refractivity contribution in [3.63, 3.8) is 0 Å². The van der Waals surface area contributed by atoms with Gasteiger partial charge in [-0.3, -0.25) is 0 Å².